The van der Waals surface area contributed by atoms with E-state index in [9.17, 15) is 13.2 Å². The number of benzene rings is 2. The Kier molecular flexibility index (Phi) is 3.39. The zero-order valence-electron chi connectivity index (χ0n) is 9.75. The lowest BCUT2D eigenvalue weighted by Crippen LogP contribution is -2.14. The standard InChI is InChI=1S/C14H12F3N/c1-8-2-3-10(15)7-13(8)14(18)9-4-11(16)6-12(17)5-9/h2-7,14H,18H2,1H3. The first-order valence-corrected chi connectivity index (χ1v) is 5.45. The summed E-state index contributed by atoms with van der Waals surface area (Å²) < 4.78 is 39.4. The highest BCUT2D eigenvalue weighted by Gasteiger charge is 2.14. The van der Waals surface area contributed by atoms with Crippen molar-refractivity contribution in [3.8, 4) is 0 Å². The maximum Gasteiger partial charge on any atom is 0.126 e. The topological polar surface area (TPSA) is 26.0 Å². The molecule has 4 heteroatoms. The number of rotatable bonds is 2. The van der Waals surface area contributed by atoms with Gasteiger partial charge in [0, 0.05) is 6.07 Å². The summed E-state index contributed by atoms with van der Waals surface area (Å²) in [6.45, 7) is 1.77. The van der Waals surface area contributed by atoms with Crippen LogP contribution < -0.4 is 5.73 Å². The van der Waals surface area contributed by atoms with Crippen LogP contribution in [0.3, 0.4) is 0 Å². The van der Waals surface area contributed by atoms with Crippen molar-refractivity contribution < 1.29 is 13.2 Å². The molecule has 0 radical (unpaired) electrons. The third-order valence-electron chi connectivity index (χ3n) is 2.82. The van der Waals surface area contributed by atoms with Crippen molar-refractivity contribution in [2.24, 2.45) is 5.73 Å². The fourth-order valence-electron chi connectivity index (χ4n) is 1.88. The van der Waals surface area contributed by atoms with E-state index in [4.69, 9.17) is 5.73 Å². The first-order chi connectivity index (χ1) is 8.47. The number of hydrogen-bond acceptors (Lipinski definition) is 1. The molecule has 0 aliphatic carbocycles. The molecule has 94 valence electrons. The fourth-order valence-corrected chi connectivity index (χ4v) is 1.88. The quantitative estimate of drug-likeness (QED) is 0.869. The molecule has 0 saturated heterocycles. The third-order valence-corrected chi connectivity index (χ3v) is 2.82. The Morgan fingerprint density at radius 2 is 1.50 bits per heavy atom. The molecule has 0 aliphatic heterocycles. The lowest BCUT2D eigenvalue weighted by atomic mass is 9.95. The third kappa shape index (κ3) is 2.54. The van der Waals surface area contributed by atoms with E-state index in [-0.39, 0.29) is 5.56 Å². The van der Waals surface area contributed by atoms with Gasteiger partial charge in [-0.1, -0.05) is 6.07 Å². The maximum atomic E-state index is 13.2. The lowest BCUT2D eigenvalue weighted by Gasteiger charge is -2.15. The number of hydrogen-bond donors (Lipinski definition) is 1. The van der Waals surface area contributed by atoms with Crippen LogP contribution in [0.2, 0.25) is 0 Å². The van der Waals surface area contributed by atoms with Crippen molar-refractivity contribution in [3.05, 3.63) is 70.5 Å². The average Bonchev–Trinajstić information content (AvgIpc) is 2.30. The highest BCUT2D eigenvalue weighted by Crippen LogP contribution is 2.24. The highest BCUT2D eigenvalue weighted by atomic mass is 19.1. The molecule has 2 N–H and O–H groups in total. The molecule has 0 saturated carbocycles. The van der Waals surface area contributed by atoms with Gasteiger partial charge in [-0.3, -0.25) is 0 Å². The fraction of sp³-hybridized carbons (Fsp3) is 0.143. The SMILES string of the molecule is Cc1ccc(F)cc1C(N)c1cc(F)cc(F)c1. The molecule has 1 nitrogen and oxygen atoms in total. The second-order valence-electron chi connectivity index (χ2n) is 4.18. The van der Waals surface area contributed by atoms with Gasteiger partial charge in [0.25, 0.3) is 0 Å². The summed E-state index contributed by atoms with van der Waals surface area (Å²) >= 11 is 0. The van der Waals surface area contributed by atoms with Crippen molar-refractivity contribution in [2.75, 3.05) is 0 Å². The summed E-state index contributed by atoms with van der Waals surface area (Å²) in [4.78, 5) is 0. The van der Waals surface area contributed by atoms with Crippen LogP contribution in [-0.2, 0) is 0 Å². The molecule has 2 aromatic rings. The summed E-state index contributed by atoms with van der Waals surface area (Å²) in [6, 6.07) is 6.50. The summed E-state index contributed by atoms with van der Waals surface area (Å²) in [5.41, 5.74) is 7.49. The van der Waals surface area contributed by atoms with E-state index in [0.29, 0.717) is 5.56 Å². The van der Waals surface area contributed by atoms with Gasteiger partial charge < -0.3 is 5.73 Å². The minimum Gasteiger partial charge on any atom is -0.320 e. The normalized spacial score (nSPS) is 12.5. The van der Waals surface area contributed by atoms with E-state index < -0.39 is 23.5 Å². The van der Waals surface area contributed by atoms with E-state index in [1.54, 1.807) is 13.0 Å². The van der Waals surface area contributed by atoms with Crippen LogP contribution in [0.15, 0.2) is 36.4 Å². The maximum absolute atomic E-state index is 13.2. The van der Waals surface area contributed by atoms with Gasteiger partial charge in [-0.05, 0) is 47.9 Å². The molecule has 0 aliphatic rings. The molecule has 2 rings (SSSR count). The van der Waals surface area contributed by atoms with Crippen LogP contribution in [0.1, 0.15) is 22.7 Å². The molecule has 0 spiro atoms. The molecule has 0 heterocycles. The minimum absolute atomic E-state index is 0.279. The second kappa shape index (κ2) is 4.82. The number of nitrogens with two attached hydrogens (primary N) is 1. The molecule has 0 amide bonds. The number of halogens is 3. The van der Waals surface area contributed by atoms with Gasteiger partial charge in [-0.2, -0.15) is 0 Å². The molecule has 1 atom stereocenters. The van der Waals surface area contributed by atoms with Crippen LogP contribution in [0.4, 0.5) is 13.2 Å². The molecule has 1 unspecified atom stereocenters. The molecule has 2 aromatic carbocycles. The Balaban J connectivity index is 2.47. The first-order valence-electron chi connectivity index (χ1n) is 5.45. The van der Waals surface area contributed by atoms with Crippen LogP contribution in [0.25, 0.3) is 0 Å². The van der Waals surface area contributed by atoms with E-state index >= 15 is 0 Å². The van der Waals surface area contributed by atoms with Crippen molar-refractivity contribution in [1.29, 1.82) is 0 Å². The Hall–Kier alpha value is -1.81. The molecule has 18 heavy (non-hydrogen) atoms. The van der Waals surface area contributed by atoms with Crippen molar-refractivity contribution in [1.82, 2.24) is 0 Å². The van der Waals surface area contributed by atoms with Crippen LogP contribution in [-0.4, -0.2) is 0 Å². The molecule has 0 bridgehead atoms. The smallest absolute Gasteiger partial charge is 0.126 e. The van der Waals surface area contributed by atoms with E-state index in [2.05, 4.69) is 0 Å². The van der Waals surface area contributed by atoms with Gasteiger partial charge in [-0.15, -0.1) is 0 Å². The van der Waals surface area contributed by atoms with Gasteiger partial charge >= 0.3 is 0 Å². The number of aryl methyl sites for hydroxylation is 1. The summed E-state index contributed by atoms with van der Waals surface area (Å²) in [5, 5.41) is 0. The van der Waals surface area contributed by atoms with Gasteiger partial charge in [-0.25, -0.2) is 13.2 Å². The van der Waals surface area contributed by atoms with Crippen molar-refractivity contribution in [2.45, 2.75) is 13.0 Å². The summed E-state index contributed by atoms with van der Waals surface area (Å²) in [7, 11) is 0. The predicted octanol–water partition coefficient (Wildman–Crippen LogP) is 3.46. The molecular weight excluding hydrogens is 239 g/mol. The largest absolute Gasteiger partial charge is 0.320 e. The monoisotopic (exact) mass is 251 g/mol. The Labute approximate surface area is 103 Å². The molecular formula is C14H12F3N. The van der Waals surface area contributed by atoms with Crippen molar-refractivity contribution in [3.63, 3.8) is 0 Å². The Morgan fingerprint density at radius 3 is 2.11 bits per heavy atom. The van der Waals surface area contributed by atoms with Crippen LogP contribution in [0.5, 0.6) is 0 Å². The zero-order valence-corrected chi connectivity index (χ0v) is 9.75. The molecule has 0 aromatic heterocycles. The first kappa shape index (κ1) is 12.6. The van der Waals surface area contributed by atoms with E-state index in [1.807, 2.05) is 0 Å². The zero-order chi connectivity index (χ0) is 13.3. The summed E-state index contributed by atoms with van der Waals surface area (Å²) in [6.07, 6.45) is 0. The van der Waals surface area contributed by atoms with Crippen LogP contribution >= 0.6 is 0 Å². The van der Waals surface area contributed by atoms with Gasteiger partial charge in [0.2, 0.25) is 0 Å². The van der Waals surface area contributed by atoms with Gasteiger partial charge in [0.1, 0.15) is 17.5 Å². The highest BCUT2D eigenvalue weighted by molar-refractivity contribution is 5.37. The predicted molar refractivity (Wildman–Crippen MR) is 63.5 cm³/mol. The second-order valence-corrected chi connectivity index (χ2v) is 4.18. The van der Waals surface area contributed by atoms with Gasteiger partial charge in [0.05, 0.1) is 6.04 Å². The Bertz CT molecular complexity index is 561. The van der Waals surface area contributed by atoms with Crippen LogP contribution in [0, 0.1) is 24.4 Å². The Morgan fingerprint density at radius 1 is 0.889 bits per heavy atom. The van der Waals surface area contributed by atoms with Gasteiger partial charge in [0.15, 0.2) is 0 Å². The van der Waals surface area contributed by atoms with Crippen molar-refractivity contribution >= 4 is 0 Å². The average molecular weight is 251 g/mol. The van der Waals surface area contributed by atoms with E-state index in [1.165, 1.54) is 12.1 Å². The minimum atomic E-state index is -0.758. The van der Waals surface area contributed by atoms with E-state index in [0.717, 1.165) is 23.8 Å². The lowest BCUT2D eigenvalue weighted by molar-refractivity contribution is 0.577. The summed E-state index contributed by atoms with van der Waals surface area (Å²) in [5.74, 6) is -1.83. The molecule has 0 fully saturated rings.